The molecule has 6 heteroatoms. The molecule has 0 bridgehead atoms. The Hall–Kier alpha value is -2.02. The van der Waals surface area contributed by atoms with E-state index in [0.717, 1.165) is 43.3 Å². The summed E-state index contributed by atoms with van der Waals surface area (Å²) in [5.74, 6) is 2.75. The number of aliphatic hydroxyl groups is 3. The summed E-state index contributed by atoms with van der Waals surface area (Å²) < 4.78 is 5.90. The minimum Gasteiger partial charge on any atom is -0.425 e. The van der Waals surface area contributed by atoms with Gasteiger partial charge in [-0.2, -0.15) is 0 Å². The molecule has 0 radical (unpaired) electrons. The zero-order valence-corrected chi connectivity index (χ0v) is 23.4. The van der Waals surface area contributed by atoms with E-state index in [1.54, 1.807) is 0 Å². The van der Waals surface area contributed by atoms with Crippen molar-refractivity contribution in [3.8, 4) is 0 Å². The molecule has 4 saturated carbocycles. The Kier molecular flexibility index (Phi) is 7.87. The van der Waals surface area contributed by atoms with E-state index in [2.05, 4.69) is 55.8 Å². The lowest BCUT2D eigenvalue weighted by Crippen LogP contribution is -2.35. The molecule has 3 N–H and O–H groups in total. The maximum Gasteiger partial charge on any atom is 0.225 e. The smallest absolute Gasteiger partial charge is 0.225 e. The minimum atomic E-state index is -0.646. The number of aliphatic hydroxyl groups excluding tert-OH is 3. The van der Waals surface area contributed by atoms with Gasteiger partial charge >= 0.3 is 0 Å². The summed E-state index contributed by atoms with van der Waals surface area (Å²) in [4.78, 5) is 0. The van der Waals surface area contributed by atoms with Crippen LogP contribution in [-0.4, -0.2) is 43.8 Å². The molecular formula is C32H46N2O4. The average molecular weight is 523 g/mol. The van der Waals surface area contributed by atoms with Crippen molar-refractivity contribution >= 4 is 0 Å². The monoisotopic (exact) mass is 522 g/mol. The first-order valence-corrected chi connectivity index (χ1v) is 14.8. The van der Waals surface area contributed by atoms with Gasteiger partial charge < -0.3 is 19.7 Å². The van der Waals surface area contributed by atoms with Gasteiger partial charge in [-0.25, -0.2) is 0 Å². The molecule has 1 aromatic rings. The maximum absolute atomic E-state index is 11.1. The highest BCUT2D eigenvalue weighted by molar-refractivity contribution is 5.38. The molecule has 1 aromatic heterocycles. The summed E-state index contributed by atoms with van der Waals surface area (Å²) in [5, 5.41) is 39.9. The van der Waals surface area contributed by atoms with Gasteiger partial charge in [-0.3, -0.25) is 0 Å². The largest absolute Gasteiger partial charge is 0.425 e. The van der Waals surface area contributed by atoms with Gasteiger partial charge in [0.1, 0.15) is 0 Å². The summed E-state index contributed by atoms with van der Waals surface area (Å²) in [6.45, 7) is 10.9. The predicted octanol–water partition coefficient (Wildman–Crippen LogP) is 5.75. The van der Waals surface area contributed by atoms with Gasteiger partial charge in [0.15, 0.2) is 0 Å². The van der Waals surface area contributed by atoms with Crippen molar-refractivity contribution in [3.05, 3.63) is 59.4 Å². The van der Waals surface area contributed by atoms with E-state index in [-0.39, 0.29) is 5.41 Å². The van der Waals surface area contributed by atoms with Crippen molar-refractivity contribution < 1.29 is 19.7 Å². The van der Waals surface area contributed by atoms with E-state index in [1.165, 1.54) is 31.3 Å². The van der Waals surface area contributed by atoms with Gasteiger partial charge in [-0.15, -0.1) is 10.2 Å². The van der Waals surface area contributed by atoms with Gasteiger partial charge in [0, 0.05) is 12.8 Å². The standard InChI is InChI=1S/C32H46N2O4/c1-5-7-29-33-34-30(38-29)32(16-17-32)28(37)14-9-20(2)25-12-13-26-22(8-6-15-31(25,26)4)10-11-23-18-24(35)19-27(36)21(23)3/h9-11,14,20,24-28,35-37H,3,5-8,12-13,15-19H2,1-2,4H3/b14-9+,22-10+,23-11-/t20-,24-,25-,26+,27+,28+,31-/m1/s1. The van der Waals surface area contributed by atoms with Crippen molar-refractivity contribution in [2.75, 3.05) is 0 Å². The lowest BCUT2D eigenvalue weighted by molar-refractivity contribution is 0.0862. The Morgan fingerprint density at radius 1 is 1.13 bits per heavy atom. The number of nitrogens with zero attached hydrogens (tertiary/aromatic N) is 2. The zero-order valence-electron chi connectivity index (χ0n) is 23.4. The first-order valence-electron chi connectivity index (χ1n) is 14.8. The molecule has 4 fully saturated rings. The lowest BCUT2D eigenvalue weighted by atomic mass is 9.61. The van der Waals surface area contributed by atoms with E-state index < -0.39 is 23.7 Å². The molecular weight excluding hydrogens is 476 g/mol. The van der Waals surface area contributed by atoms with Gasteiger partial charge in [0.05, 0.1) is 23.7 Å². The van der Waals surface area contributed by atoms with Crippen molar-refractivity contribution in [1.29, 1.82) is 0 Å². The van der Waals surface area contributed by atoms with Crippen LogP contribution >= 0.6 is 0 Å². The van der Waals surface area contributed by atoms with E-state index in [1.807, 2.05) is 6.08 Å². The van der Waals surface area contributed by atoms with Crippen molar-refractivity contribution in [2.24, 2.45) is 23.2 Å². The quantitative estimate of drug-likeness (QED) is 0.376. The van der Waals surface area contributed by atoms with Crippen LogP contribution in [0.5, 0.6) is 0 Å². The van der Waals surface area contributed by atoms with Crippen molar-refractivity contribution in [2.45, 2.75) is 115 Å². The van der Waals surface area contributed by atoms with Crippen LogP contribution in [0.4, 0.5) is 0 Å². The molecule has 0 amide bonds. The Balaban J connectivity index is 1.27. The topological polar surface area (TPSA) is 99.6 Å². The Morgan fingerprint density at radius 3 is 2.66 bits per heavy atom. The molecule has 208 valence electrons. The van der Waals surface area contributed by atoms with Crippen LogP contribution in [0.2, 0.25) is 0 Å². The minimum absolute atomic E-state index is 0.235. The van der Waals surface area contributed by atoms with E-state index in [4.69, 9.17) is 4.42 Å². The van der Waals surface area contributed by atoms with Gasteiger partial charge in [0.2, 0.25) is 11.8 Å². The first kappa shape index (κ1) is 27.5. The Morgan fingerprint density at radius 2 is 1.92 bits per heavy atom. The molecule has 4 aliphatic carbocycles. The van der Waals surface area contributed by atoms with Crippen molar-refractivity contribution in [3.63, 3.8) is 0 Å². The summed E-state index contributed by atoms with van der Waals surface area (Å²) in [5.41, 5.74) is 3.06. The Bertz CT molecular complexity index is 1110. The van der Waals surface area contributed by atoms with E-state index in [0.29, 0.717) is 42.4 Å². The highest BCUT2D eigenvalue weighted by atomic mass is 16.4. The predicted molar refractivity (Wildman–Crippen MR) is 148 cm³/mol. The van der Waals surface area contributed by atoms with Crippen LogP contribution in [0, 0.1) is 23.2 Å². The fourth-order valence-corrected chi connectivity index (χ4v) is 7.75. The summed E-state index contributed by atoms with van der Waals surface area (Å²) in [6, 6.07) is 0. The summed E-state index contributed by atoms with van der Waals surface area (Å²) in [7, 11) is 0. The van der Waals surface area contributed by atoms with Crippen LogP contribution < -0.4 is 0 Å². The number of hydrogen-bond acceptors (Lipinski definition) is 6. The zero-order chi connectivity index (χ0) is 27.1. The highest BCUT2D eigenvalue weighted by Crippen LogP contribution is 2.60. The van der Waals surface area contributed by atoms with E-state index >= 15 is 0 Å². The number of aryl methyl sites for hydroxylation is 1. The lowest BCUT2D eigenvalue weighted by Gasteiger charge is -2.44. The fraction of sp³-hybridized carbons (Fsp3) is 0.688. The molecule has 0 spiro atoms. The molecule has 7 atom stereocenters. The van der Waals surface area contributed by atoms with Crippen molar-refractivity contribution in [1.82, 2.24) is 10.2 Å². The molecule has 0 aliphatic heterocycles. The van der Waals surface area contributed by atoms with Gasteiger partial charge in [0.25, 0.3) is 0 Å². The van der Waals surface area contributed by atoms with Gasteiger partial charge in [-0.1, -0.05) is 57.2 Å². The number of allylic oxidation sites excluding steroid dienone is 4. The number of rotatable bonds is 8. The summed E-state index contributed by atoms with van der Waals surface area (Å²) >= 11 is 0. The second kappa shape index (κ2) is 10.9. The molecule has 4 aliphatic rings. The second-order valence-corrected chi connectivity index (χ2v) is 12.8. The SMILES string of the molecule is C=C1/C(=C\C=C2/CCC[C@]3(C)[C@@H]([C@H](C)/C=C/[C@H](O)C4(c5nnc(CCC)o5)CC4)CC[C@@H]23)C[C@@H](O)C[C@@H]1O. The fourth-order valence-electron chi connectivity index (χ4n) is 7.75. The number of fused-ring (bicyclic) bond motifs is 1. The second-order valence-electron chi connectivity index (χ2n) is 12.8. The highest BCUT2D eigenvalue weighted by Gasteiger charge is 2.54. The van der Waals surface area contributed by atoms with Crippen LogP contribution in [0.3, 0.4) is 0 Å². The van der Waals surface area contributed by atoms with Crippen LogP contribution in [0.1, 0.15) is 96.8 Å². The van der Waals surface area contributed by atoms with Gasteiger partial charge in [-0.05, 0) is 92.1 Å². The van der Waals surface area contributed by atoms with Crippen LogP contribution in [0.15, 0.2) is 52.0 Å². The molecule has 0 unspecified atom stereocenters. The maximum atomic E-state index is 11.1. The molecule has 0 aromatic carbocycles. The first-order chi connectivity index (χ1) is 18.2. The normalized spacial score (nSPS) is 36.6. The molecule has 1 heterocycles. The molecule has 5 rings (SSSR count). The molecule has 0 saturated heterocycles. The third kappa shape index (κ3) is 5.12. The van der Waals surface area contributed by atoms with Crippen LogP contribution in [-0.2, 0) is 11.8 Å². The average Bonchev–Trinajstić information content (AvgIpc) is 3.42. The summed E-state index contributed by atoms with van der Waals surface area (Å²) in [6.07, 6.45) is 17.2. The van der Waals surface area contributed by atoms with E-state index in [9.17, 15) is 15.3 Å². The number of hydrogen-bond donors (Lipinski definition) is 3. The van der Waals surface area contributed by atoms with Crippen LogP contribution in [0.25, 0.3) is 0 Å². The number of aromatic nitrogens is 2. The molecule has 6 nitrogen and oxygen atoms in total. The molecule has 38 heavy (non-hydrogen) atoms. The third-order valence-electron chi connectivity index (χ3n) is 10.2. The third-order valence-corrected chi connectivity index (χ3v) is 10.2. The Labute approximate surface area is 227 Å².